The number of likely N-dealkylation sites (tertiary alicyclic amines) is 1. The number of aliphatic hydroxyl groups excluding tert-OH is 1. The molecule has 0 saturated carbocycles. The highest BCUT2D eigenvalue weighted by Gasteiger charge is 2.56. The number of hydrogen-bond donors (Lipinski definition) is 2. The summed E-state index contributed by atoms with van der Waals surface area (Å²) in [5.41, 5.74) is 0. The smallest absolute Gasteiger partial charge is 0.240 e. The van der Waals surface area contributed by atoms with Crippen LogP contribution in [-0.2, 0) is 9.22 Å². The largest absolute Gasteiger partial charge is 0.415 e. The number of hydroxylamine groups is 2. The summed E-state index contributed by atoms with van der Waals surface area (Å²) >= 11 is 0. The van der Waals surface area contributed by atoms with Gasteiger partial charge in [-0.2, -0.15) is 0 Å². The van der Waals surface area contributed by atoms with E-state index in [1.165, 1.54) is 0 Å². The normalized spacial score (nSPS) is 37.2. The molecule has 3 heterocycles. The van der Waals surface area contributed by atoms with E-state index in [0.717, 1.165) is 11.5 Å². The molecule has 0 aromatic rings. The van der Waals surface area contributed by atoms with Gasteiger partial charge in [0.2, 0.25) is 5.91 Å². The molecule has 2 N–H and O–H groups in total. The highest BCUT2D eigenvalue weighted by atomic mass is 28.4. The van der Waals surface area contributed by atoms with Gasteiger partial charge in [0, 0.05) is 25.6 Å². The van der Waals surface area contributed by atoms with Gasteiger partial charge in [0.1, 0.15) is 0 Å². The van der Waals surface area contributed by atoms with E-state index >= 15 is 0 Å². The maximum atomic E-state index is 12.8. The lowest BCUT2D eigenvalue weighted by molar-refractivity contribution is -0.221. The van der Waals surface area contributed by atoms with Crippen LogP contribution in [0.2, 0.25) is 18.1 Å². The first kappa shape index (κ1) is 18.3. The molecule has 0 aromatic carbocycles. The third-order valence-electron chi connectivity index (χ3n) is 6.36. The molecule has 5 atom stereocenters. The van der Waals surface area contributed by atoms with E-state index < -0.39 is 14.7 Å². The Morgan fingerprint density at radius 1 is 1.29 bits per heavy atom. The van der Waals surface area contributed by atoms with Crippen molar-refractivity contribution in [2.45, 2.75) is 63.8 Å². The quantitative estimate of drug-likeness (QED) is 0.728. The Hall–Kier alpha value is -0.513. The van der Waals surface area contributed by atoms with Crippen molar-refractivity contribution in [2.75, 3.05) is 26.2 Å². The lowest BCUT2D eigenvalue weighted by Gasteiger charge is -2.36. The van der Waals surface area contributed by atoms with E-state index in [0.29, 0.717) is 26.2 Å². The van der Waals surface area contributed by atoms with E-state index in [9.17, 15) is 15.1 Å². The average Bonchev–Trinajstić information content (AvgIpc) is 2.90. The number of fused-ring (bicyclic) bond motifs is 4. The third-order valence-corrected chi connectivity index (χ3v) is 10.9. The molecule has 2 bridgehead atoms. The molecule has 3 aliphatic heterocycles. The first-order chi connectivity index (χ1) is 11.0. The second kappa shape index (κ2) is 6.03. The van der Waals surface area contributed by atoms with Crippen LogP contribution in [0.15, 0.2) is 0 Å². The van der Waals surface area contributed by atoms with Gasteiger partial charge in [0.05, 0.1) is 18.7 Å². The maximum Gasteiger partial charge on any atom is 0.240 e. The van der Waals surface area contributed by atoms with E-state index in [1.807, 2.05) is 4.90 Å². The predicted molar refractivity (Wildman–Crippen MR) is 91.8 cm³/mol. The summed E-state index contributed by atoms with van der Waals surface area (Å²) in [6.07, 6.45) is -0.308. The van der Waals surface area contributed by atoms with Gasteiger partial charge >= 0.3 is 0 Å². The molecule has 8 heteroatoms. The van der Waals surface area contributed by atoms with E-state index in [1.54, 1.807) is 4.90 Å². The molecule has 3 aliphatic rings. The molecule has 3 saturated heterocycles. The van der Waals surface area contributed by atoms with Crippen molar-refractivity contribution in [1.29, 1.82) is 0 Å². The molecule has 3 fully saturated rings. The summed E-state index contributed by atoms with van der Waals surface area (Å²) in [4.78, 5) is 16.4. The van der Waals surface area contributed by atoms with E-state index in [2.05, 4.69) is 33.9 Å². The summed E-state index contributed by atoms with van der Waals surface area (Å²) in [5, 5.41) is 21.1. The fraction of sp³-hybridized carbons (Fsp3) is 0.938. The Balaban J connectivity index is 1.58. The van der Waals surface area contributed by atoms with Crippen molar-refractivity contribution < 1.29 is 19.5 Å². The van der Waals surface area contributed by atoms with Crippen molar-refractivity contribution in [3.63, 3.8) is 0 Å². The highest BCUT2D eigenvalue weighted by molar-refractivity contribution is 6.74. The monoisotopic (exact) mass is 357 g/mol. The molecule has 3 rings (SSSR count). The lowest BCUT2D eigenvalue weighted by Crippen LogP contribution is -2.50. The summed E-state index contributed by atoms with van der Waals surface area (Å²) in [6, 6.07) is -0.376. The number of carbonyl (C=O) groups excluding carboxylic acids is 1. The van der Waals surface area contributed by atoms with Crippen molar-refractivity contribution >= 4 is 14.2 Å². The Labute approximate surface area is 145 Å². The molecule has 0 aliphatic carbocycles. The molecule has 7 nitrogen and oxygen atoms in total. The predicted octanol–water partition coefficient (Wildman–Crippen LogP) is 0.890. The van der Waals surface area contributed by atoms with Gasteiger partial charge in [0.25, 0.3) is 0 Å². The molecule has 24 heavy (non-hydrogen) atoms. The molecule has 0 radical (unpaired) electrons. The zero-order chi connectivity index (χ0) is 17.9. The Bertz CT molecular complexity index is 510. The highest BCUT2D eigenvalue weighted by Crippen LogP contribution is 2.39. The number of amides is 1. The van der Waals surface area contributed by atoms with Crippen LogP contribution in [0.1, 0.15) is 27.2 Å². The van der Waals surface area contributed by atoms with Crippen LogP contribution in [0.5, 0.6) is 0 Å². The van der Waals surface area contributed by atoms with Gasteiger partial charge in [-0.3, -0.25) is 4.79 Å². The Morgan fingerprint density at radius 2 is 1.96 bits per heavy atom. The van der Waals surface area contributed by atoms with Crippen LogP contribution >= 0.6 is 0 Å². The minimum atomic E-state index is -1.80. The summed E-state index contributed by atoms with van der Waals surface area (Å²) in [6.45, 7) is 13.5. The van der Waals surface area contributed by atoms with Gasteiger partial charge in [-0.15, -0.1) is 5.06 Å². The van der Waals surface area contributed by atoms with Gasteiger partial charge in [-0.1, -0.05) is 20.8 Å². The fourth-order valence-corrected chi connectivity index (χ4v) is 4.89. The number of hydrogen-bond acceptors (Lipinski definition) is 6. The fourth-order valence-electron chi connectivity index (χ4n) is 3.86. The molecular weight excluding hydrogens is 326 g/mol. The van der Waals surface area contributed by atoms with Crippen molar-refractivity contribution in [2.24, 2.45) is 5.92 Å². The second-order valence-electron chi connectivity index (χ2n) is 8.91. The van der Waals surface area contributed by atoms with Crippen LogP contribution in [0.3, 0.4) is 0 Å². The molecule has 0 aromatic heterocycles. The summed E-state index contributed by atoms with van der Waals surface area (Å²) < 4.78 is 6.19. The van der Waals surface area contributed by atoms with Crippen LogP contribution in [-0.4, -0.2) is 84.1 Å². The molecular formula is C16H31N3O4Si. The zero-order valence-electron chi connectivity index (χ0n) is 15.4. The summed E-state index contributed by atoms with van der Waals surface area (Å²) in [7, 11) is -1.80. The summed E-state index contributed by atoms with van der Waals surface area (Å²) in [5.74, 6) is 0.238. The number of aliphatic hydroxyl groups is 1. The van der Waals surface area contributed by atoms with E-state index in [-0.39, 0.29) is 28.9 Å². The minimum Gasteiger partial charge on any atom is -0.415 e. The van der Waals surface area contributed by atoms with Crippen LogP contribution < -0.4 is 0 Å². The van der Waals surface area contributed by atoms with E-state index in [4.69, 9.17) is 4.43 Å². The minimum absolute atomic E-state index is 0.0617. The van der Waals surface area contributed by atoms with Gasteiger partial charge in [-0.05, 0) is 24.6 Å². The van der Waals surface area contributed by atoms with Crippen molar-refractivity contribution in [3.05, 3.63) is 0 Å². The lowest BCUT2D eigenvalue weighted by atomic mass is 9.90. The standard InChI is InChI=1S/C16H31N3O4Si/c1-16(2,3)24(4,5)23-7-6-17-9-11-8-12-10-18(13(11)14(17)20)15(21)19(12)22/h11-13,15,21-22H,6-10H2,1-5H3/t11-,12+,13-,15?/m0/s1. The average molecular weight is 358 g/mol. The molecule has 0 spiro atoms. The number of nitrogens with zero attached hydrogens (tertiary/aromatic N) is 3. The number of carbonyl (C=O) groups is 1. The topological polar surface area (TPSA) is 76.5 Å². The van der Waals surface area contributed by atoms with Crippen molar-refractivity contribution in [1.82, 2.24) is 14.9 Å². The first-order valence-corrected chi connectivity index (χ1v) is 11.8. The Morgan fingerprint density at radius 3 is 2.58 bits per heavy atom. The first-order valence-electron chi connectivity index (χ1n) is 8.87. The Kier molecular flexibility index (Phi) is 4.60. The van der Waals surface area contributed by atoms with Crippen molar-refractivity contribution in [3.8, 4) is 0 Å². The van der Waals surface area contributed by atoms with Crippen LogP contribution in [0.4, 0.5) is 0 Å². The van der Waals surface area contributed by atoms with Gasteiger partial charge < -0.3 is 19.6 Å². The SMILES string of the molecule is CC(C)(C)[Si](C)(C)OCCN1C[C@@H]2C[C@@H]3CN(C(O)N3O)[C@@H]2C1=O. The van der Waals surface area contributed by atoms with Gasteiger partial charge in [-0.25, -0.2) is 4.90 Å². The molecule has 2 unspecified atom stereocenters. The third kappa shape index (κ3) is 2.93. The number of piperidine rings is 1. The number of rotatable bonds is 4. The van der Waals surface area contributed by atoms with Crippen LogP contribution in [0.25, 0.3) is 0 Å². The molecule has 138 valence electrons. The maximum absolute atomic E-state index is 12.8. The van der Waals surface area contributed by atoms with Crippen LogP contribution in [0, 0.1) is 5.92 Å². The second-order valence-corrected chi connectivity index (χ2v) is 13.7. The van der Waals surface area contributed by atoms with Gasteiger partial charge in [0.15, 0.2) is 14.7 Å². The molecule has 1 amide bonds. The zero-order valence-corrected chi connectivity index (χ0v) is 16.4.